The van der Waals surface area contributed by atoms with Gasteiger partial charge in [-0.3, -0.25) is 4.79 Å². The lowest BCUT2D eigenvalue weighted by Gasteiger charge is -2.20. The van der Waals surface area contributed by atoms with Gasteiger partial charge in [-0.25, -0.2) is 0 Å². The van der Waals surface area contributed by atoms with E-state index in [-0.39, 0.29) is 5.91 Å². The number of likely N-dealkylation sites (tertiary alicyclic amines) is 1. The number of para-hydroxylation sites is 1. The lowest BCUT2D eigenvalue weighted by atomic mass is 10.2. The SMILES string of the molecule is CCn1c(CN2CCCCCC2=O)nnc1SCc1nnnn1-c1ccccc1. The smallest absolute Gasteiger partial charge is 0.222 e. The molecular weight excluding hydrogens is 388 g/mol. The first-order chi connectivity index (χ1) is 14.3. The predicted octanol–water partition coefficient (Wildman–Crippen LogP) is 2.47. The van der Waals surface area contributed by atoms with Crippen LogP contribution in [0.4, 0.5) is 0 Å². The van der Waals surface area contributed by atoms with Crippen molar-refractivity contribution in [2.45, 2.75) is 56.6 Å². The number of hydrogen-bond acceptors (Lipinski definition) is 7. The lowest BCUT2D eigenvalue weighted by molar-refractivity contribution is -0.131. The van der Waals surface area contributed by atoms with Crippen molar-refractivity contribution in [1.29, 1.82) is 0 Å². The van der Waals surface area contributed by atoms with Crippen molar-refractivity contribution in [1.82, 2.24) is 39.9 Å². The number of hydrogen-bond donors (Lipinski definition) is 0. The second-order valence-electron chi connectivity index (χ2n) is 6.90. The first-order valence-corrected chi connectivity index (χ1v) is 10.9. The third kappa shape index (κ3) is 4.47. The van der Waals surface area contributed by atoms with Crippen LogP contribution in [-0.4, -0.2) is 52.3 Å². The second-order valence-corrected chi connectivity index (χ2v) is 7.84. The van der Waals surface area contributed by atoms with E-state index in [0.717, 1.165) is 54.8 Å². The van der Waals surface area contributed by atoms with E-state index < -0.39 is 0 Å². The summed E-state index contributed by atoms with van der Waals surface area (Å²) in [6.07, 6.45) is 3.77. The molecule has 1 amide bonds. The average Bonchev–Trinajstić information content (AvgIpc) is 3.32. The number of nitrogens with zero attached hydrogens (tertiary/aromatic N) is 8. The van der Waals surface area contributed by atoms with Gasteiger partial charge in [-0.15, -0.1) is 15.3 Å². The first kappa shape index (κ1) is 19.6. The van der Waals surface area contributed by atoms with E-state index in [4.69, 9.17) is 0 Å². The molecule has 0 atom stereocenters. The molecule has 0 spiro atoms. The molecule has 0 N–H and O–H groups in total. The quantitative estimate of drug-likeness (QED) is 0.550. The summed E-state index contributed by atoms with van der Waals surface area (Å²) >= 11 is 1.55. The molecular formula is C19H24N8OS. The molecule has 3 aromatic rings. The molecule has 0 saturated carbocycles. The van der Waals surface area contributed by atoms with Gasteiger partial charge in [0.15, 0.2) is 16.8 Å². The maximum atomic E-state index is 12.3. The van der Waals surface area contributed by atoms with Gasteiger partial charge in [0.2, 0.25) is 5.91 Å². The summed E-state index contributed by atoms with van der Waals surface area (Å²) in [5.74, 6) is 2.36. The minimum absolute atomic E-state index is 0.212. The number of thioether (sulfide) groups is 1. The van der Waals surface area contributed by atoms with Gasteiger partial charge in [0.1, 0.15) is 0 Å². The summed E-state index contributed by atoms with van der Waals surface area (Å²) in [5.41, 5.74) is 0.922. The number of rotatable bonds is 7. The van der Waals surface area contributed by atoms with Crippen LogP contribution in [0.1, 0.15) is 44.3 Å². The molecule has 0 aliphatic carbocycles. The molecule has 0 unspecified atom stereocenters. The highest BCUT2D eigenvalue weighted by molar-refractivity contribution is 7.98. The number of tetrazole rings is 1. The molecule has 29 heavy (non-hydrogen) atoms. The summed E-state index contributed by atoms with van der Waals surface area (Å²) in [6, 6.07) is 9.81. The highest BCUT2D eigenvalue weighted by Crippen LogP contribution is 2.23. The fraction of sp³-hybridized carbons (Fsp3) is 0.474. The molecule has 152 valence electrons. The summed E-state index contributed by atoms with van der Waals surface area (Å²) in [7, 11) is 0. The van der Waals surface area contributed by atoms with Crippen molar-refractivity contribution in [3.8, 4) is 5.69 Å². The molecule has 1 fully saturated rings. The van der Waals surface area contributed by atoms with Crippen LogP contribution >= 0.6 is 11.8 Å². The molecule has 1 aromatic carbocycles. The van der Waals surface area contributed by atoms with Gasteiger partial charge in [0, 0.05) is 19.5 Å². The van der Waals surface area contributed by atoms with Crippen LogP contribution < -0.4 is 0 Å². The summed E-state index contributed by atoms with van der Waals surface area (Å²) in [5, 5.41) is 21.6. The highest BCUT2D eigenvalue weighted by atomic mass is 32.2. The van der Waals surface area contributed by atoms with E-state index in [1.165, 1.54) is 0 Å². The Labute approximate surface area is 173 Å². The zero-order valence-electron chi connectivity index (χ0n) is 16.4. The molecule has 1 aliphatic rings. The lowest BCUT2D eigenvalue weighted by Crippen LogP contribution is -2.31. The molecule has 2 aromatic heterocycles. The van der Waals surface area contributed by atoms with Crippen LogP contribution in [0.5, 0.6) is 0 Å². The summed E-state index contributed by atoms with van der Waals surface area (Å²) in [4.78, 5) is 14.2. The predicted molar refractivity (Wildman–Crippen MR) is 108 cm³/mol. The zero-order valence-corrected chi connectivity index (χ0v) is 17.3. The second kappa shape index (κ2) is 9.17. The Bertz CT molecular complexity index is 954. The maximum absolute atomic E-state index is 12.3. The minimum Gasteiger partial charge on any atom is -0.335 e. The Hall–Kier alpha value is -2.75. The van der Waals surface area contributed by atoms with Crippen molar-refractivity contribution < 1.29 is 4.79 Å². The zero-order chi connectivity index (χ0) is 20.1. The topological polar surface area (TPSA) is 94.6 Å². The molecule has 0 bridgehead atoms. The Morgan fingerprint density at radius 3 is 2.72 bits per heavy atom. The van der Waals surface area contributed by atoms with E-state index in [1.54, 1.807) is 16.4 Å². The Morgan fingerprint density at radius 1 is 1.03 bits per heavy atom. The van der Waals surface area contributed by atoms with Crippen molar-refractivity contribution >= 4 is 17.7 Å². The molecule has 10 heteroatoms. The Balaban J connectivity index is 1.47. The molecule has 4 rings (SSSR count). The van der Waals surface area contributed by atoms with Gasteiger partial charge in [-0.05, 0) is 42.3 Å². The van der Waals surface area contributed by atoms with Crippen molar-refractivity contribution in [2.24, 2.45) is 0 Å². The van der Waals surface area contributed by atoms with Gasteiger partial charge in [0.05, 0.1) is 18.0 Å². The Morgan fingerprint density at radius 2 is 1.90 bits per heavy atom. The fourth-order valence-electron chi connectivity index (χ4n) is 3.43. The summed E-state index contributed by atoms with van der Waals surface area (Å²) < 4.78 is 3.80. The van der Waals surface area contributed by atoms with Crippen LogP contribution in [0.2, 0.25) is 0 Å². The maximum Gasteiger partial charge on any atom is 0.222 e. The third-order valence-electron chi connectivity index (χ3n) is 4.98. The molecule has 0 radical (unpaired) electrons. The number of benzene rings is 1. The first-order valence-electron chi connectivity index (χ1n) is 9.91. The van der Waals surface area contributed by atoms with Crippen LogP contribution in [0.25, 0.3) is 5.69 Å². The number of carbonyl (C=O) groups excluding carboxylic acids is 1. The minimum atomic E-state index is 0.212. The number of amides is 1. The third-order valence-corrected chi connectivity index (χ3v) is 5.94. The van der Waals surface area contributed by atoms with E-state index in [0.29, 0.717) is 18.7 Å². The van der Waals surface area contributed by atoms with Crippen LogP contribution in [0.3, 0.4) is 0 Å². The standard InChI is InChI=1S/C19H24N8OS/c1-2-26-16(13-25-12-8-4-7-11-18(25)28)20-22-19(26)29-14-17-21-23-24-27(17)15-9-5-3-6-10-15/h3,5-6,9-10H,2,4,7-8,11-14H2,1H3. The van der Waals surface area contributed by atoms with Crippen molar-refractivity contribution in [3.63, 3.8) is 0 Å². The van der Waals surface area contributed by atoms with Gasteiger partial charge >= 0.3 is 0 Å². The van der Waals surface area contributed by atoms with Crippen LogP contribution in [0, 0.1) is 0 Å². The van der Waals surface area contributed by atoms with E-state index >= 15 is 0 Å². The average molecular weight is 413 g/mol. The van der Waals surface area contributed by atoms with Crippen LogP contribution in [0.15, 0.2) is 35.5 Å². The van der Waals surface area contributed by atoms with E-state index in [2.05, 4.69) is 37.2 Å². The van der Waals surface area contributed by atoms with Gasteiger partial charge in [-0.2, -0.15) is 4.68 Å². The Kier molecular flexibility index (Phi) is 6.18. The normalized spacial score (nSPS) is 14.9. The van der Waals surface area contributed by atoms with E-state index in [9.17, 15) is 4.79 Å². The van der Waals surface area contributed by atoms with Gasteiger partial charge in [-0.1, -0.05) is 36.4 Å². The molecule has 3 heterocycles. The monoisotopic (exact) mass is 412 g/mol. The fourth-order valence-corrected chi connectivity index (χ4v) is 4.36. The van der Waals surface area contributed by atoms with Crippen molar-refractivity contribution in [2.75, 3.05) is 6.54 Å². The highest BCUT2D eigenvalue weighted by Gasteiger charge is 2.21. The largest absolute Gasteiger partial charge is 0.335 e. The molecule has 1 saturated heterocycles. The molecule has 9 nitrogen and oxygen atoms in total. The number of aromatic nitrogens is 7. The van der Waals surface area contributed by atoms with Crippen LogP contribution in [-0.2, 0) is 23.6 Å². The van der Waals surface area contributed by atoms with Gasteiger partial charge in [0.25, 0.3) is 0 Å². The number of carbonyl (C=O) groups is 1. The summed E-state index contributed by atoms with van der Waals surface area (Å²) in [6.45, 7) is 4.12. The van der Waals surface area contributed by atoms with E-state index in [1.807, 2.05) is 35.2 Å². The van der Waals surface area contributed by atoms with Gasteiger partial charge < -0.3 is 9.47 Å². The molecule has 1 aliphatic heterocycles. The van der Waals surface area contributed by atoms with Crippen molar-refractivity contribution in [3.05, 3.63) is 42.0 Å².